The molecule has 0 saturated heterocycles. The van der Waals surface area contributed by atoms with Gasteiger partial charge < -0.3 is 20.5 Å². The van der Waals surface area contributed by atoms with E-state index in [1.807, 2.05) is 6.92 Å². The van der Waals surface area contributed by atoms with Gasteiger partial charge in [0.25, 0.3) is 0 Å². The van der Waals surface area contributed by atoms with Crippen LogP contribution < -0.4 is 20.5 Å². The fourth-order valence-corrected chi connectivity index (χ4v) is 2.16. The summed E-state index contributed by atoms with van der Waals surface area (Å²) in [6.07, 6.45) is 1.59. The number of hydrogen-bond donors (Lipinski definition) is 2. The Morgan fingerprint density at radius 1 is 1.42 bits per heavy atom. The van der Waals surface area contributed by atoms with Gasteiger partial charge in [-0.3, -0.25) is 0 Å². The van der Waals surface area contributed by atoms with Crippen LogP contribution in [0.4, 0.5) is 17.5 Å². The van der Waals surface area contributed by atoms with Crippen LogP contribution in [0, 0.1) is 11.3 Å². The first-order chi connectivity index (χ1) is 11.7. The zero-order chi connectivity index (χ0) is 17.1. The lowest BCUT2D eigenvalue weighted by molar-refractivity contribution is 0.327. The number of rotatable bonds is 5. The summed E-state index contributed by atoms with van der Waals surface area (Å²) in [4.78, 5) is 8.45. The van der Waals surface area contributed by atoms with Gasteiger partial charge in [0.2, 0.25) is 5.88 Å². The average Bonchev–Trinajstić information content (AvgIpc) is 2.93. The van der Waals surface area contributed by atoms with E-state index in [4.69, 9.17) is 15.2 Å². The van der Waals surface area contributed by atoms with Crippen LogP contribution in [0.3, 0.4) is 0 Å². The fraction of sp³-hybridized carbons (Fsp3) is 0.200. The van der Waals surface area contributed by atoms with Gasteiger partial charge in [0.15, 0.2) is 11.5 Å². The number of nitrogens with two attached hydrogens (primary N) is 1. The second kappa shape index (κ2) is 6.29. The smallest absolute Gasteiger partial charge is 0.219 e. The Hall–Kier alpha value is -3.54. The highest BCUT2D eigenvalue weighted by Crippen LogP contribution is 2.26. The van der Waals surface area contributed by atoms with Gasteiger partial charge in [-0.25, -0.2) is 4.98 Å². The Bertz CT molecular complexity index is 929. The van der Waals surface area contributed by atoms with Gasteiger partial charge in [-0.15, -0.1) is 5.10 Å². The van der Waals surface area contributed by atoms with Gasteiger partial charge in [0.05, 0.1) is 13.7 Å². The number of aromatic nitrogens is 4. The quantitative estimate of drug-likeness (QED) is 0.727. The molecule has 0 amide bonds. The van der Waals surface area contributed by atoms with Crippen molar-refractivity contribution in [1.82, 2.24) is 19.6 Å². The van der Waals surface area contributed by atoms with Crippen LogP contribution in [0.15, 0.2) is 24.4 Å². The molecule has 9 nitrogen and oxygen atoms in total. The molecule has 0 fully saturated rings. The van der Waals surface area contributed by atoms with Crippen molar-refractivity contribution in [3.05, 3.63) is 30.0 Å². The van der Waals surface area contributed by atoms with E-state index in [0.29, 0.717) is 41.3 Å². The number of nitrogen functional groups attached to an aromatic ring is 1. The molecule has 3 N–H and O–H groups in total. The van der Waals surface area contributed by atoms with Crippen LogP contribution in [-0.4, -0.2) is 33.3 Å². The second-order valence-corrected chi connectivity index (χ2v) is 4.73. The molecule has 3 rings (SSSR count). The van der Waals surface area contributed by atoms with E-state index >= 15 is 0 Å². The molecule has 0 atom stereocenters. The minimum absolute atomic E-state index is 0.243. The highest BCUT2D eigenvalue weighted by atomic mass is 16.5. The molecule has 0 unspecified atom stereocenters. The molecular formula is C15H15N7O2. The zero-order valence-electron chi connectivity index (χ0n) is 13.1. The Kier molecular flexibility index (Phi) is 4.03. The number of ether oxygens (including phenoxy) is 2. The van der Waals surface area contributed by atoms with Gasteiger partial charge in [0.1, 0.15) is 29.0 Å². The molecule has 0 aromatic carbocycles. The van der Waals surface area contributed by atoms with E-state index in [1.54, 1.807) is 31.5 Å². The molecule has 0 aliphatic rings. The number of nitrogens with zero attached hydrogens (tertiary/aromatic N) is 5. The van der Waals surface area contributed by atoms with Crippen molar-refractivity contribution in [2.24, 2.45) is 0 Å². The minimum atomic E-state index is 0.243. The Balaban J connectivity index is 2.08. The van der Waals surface area contributed by atoms with Crippen LogP contribution in [0.1, 0.15) is 12.5 Å². The van der Waals surface area contributed by atoms with E-state index in [1.165, 1.54) is 4.52 Å². The molecule has 0 spiro atoms. The van der Waals surface area contributed by atoms with Crippen molar-refractivity contribution in [2.75, 3.05) is 24.8 Å². The van der Waals surface area contributed by atoms with Crippen LogP contribution in [0.5, 0.6) is 11.6 Å². The predicted molar refractivity (Wildman–Crippen MR) is 87.4 cm³/mol. The molecule has 3 heterocycles. The SMILES string of the molecule is CCOc1cc(N)n2nc(Nc3cc(OC)ccn3)c(C#N)c2n1. The fourth-order valence-electron chi connectivity index (χ4n) is 2.16. The number of anilines is 3. The normalized spacial score (nSPS) is 10.4. The number of nitrogens with one attached hydrogen (secondary N) is 1. The van der Waals surface area contributed by atoms with E-state index in [-0.39, 0.29) is 5.56 Å². The lowest BCUT2D eigenvalue weighted by Crippen LogP contribution is -2.03. The van der Waals surface area contributed by atoms with E-state index in [2.05, 4.69) is 26.5 Å². The summed E-state index contributed by atoms with van der Waals surface area (Å²) < 4.78 is 11.9. The third-order valence-corrected chi connectivity index (χ3v) is 3.21. The molecule has 0 radical (unpaired) electrons. The summed E-state index contributed by atoms with van der Waals surface area (Å²) in [5.41, 5.74) is 6.53. The summed E-state index contributed by atoms with van der Waals surface area (Å²) in [6, 6.07) is 7.04. The molecule has 0 aliphatic heterocycles. The number of pyridine rings is 1. The summed E-state index contributed by atoms with van der Waals surface area (Å²) >= 11 is 0. The van der Waals surface area contributed by atoms with Crippen molar-refractivity contribution in [3.8, 4) is 17.7 Å². The lowest BCUT2D eigenvalue weighted by atomic mass is 10.3. The van der Waals surface area contributed by atoms with Gasteiger partial charge in [-0.1, -0.05) is 0 Å². The highest BCUT2D eigenvalue weighted by molar-refractivity contribution is 5.73. The Morgan fingerprint density at radius 2 is 2.25 bits per heavy atom. The summed E-state index contributed by atoms with van der Waals surface area (Å²) in [6.45, 7) is 2.28. The molecule has 24 heavy (non-hydrogen) atoms. The van der Waals surface area contributed by atoms with E-state index < -0.39 is 0 Å². The first-order valence-electron chi connectivity index (χ1n) is 7.15. The summed E-state index contributed by atoms with van der Waals surface area (Å²) in [5, 5.41) is 16.8. The topological polar surface area (TPSA) is 123 Å². The standard InChI is InChI=1S/C15H15N7O2/c1-3-24-13-7-11(17)22-15(20-13)10(8-16)14(21-22)19-12-6-9(23-2)4-5-18-12/h4-7H,3,17H2,1-2H3,(H,18,19,21). The second-order valence-electron chi connectivity index (χ2n) is 4.73. The highest BCUT2D eigenvalue weighted by Gasteiger charge is 2.17. The average molecular weight is 325 g/mol. The van der Waals surface area contributed by atoms with Crippen LogP contribution in [0.2, 0.25) is 0 Å². The number of nitriles is 1. The third kappa shape index (κ3) is 2.72. The van der Waals surface area contributed by atoms with Crippen LogP contribution in [0.25, 0.3) is 5.65 Å². The first kappa shape index (κ1) is 15.4. The maximum Gasteiger partial charge on any atom is 0.219 e. The van der Waals surface area contributed by atoms with Crippen LogP contribution in [-0.2, 0) is 0 Å². The van der Waals surface area contributed by atoms with Crippen molar-refractivity contribution < 1.29 is 9.47 Å². The Morgan fingerprint density at radius 3 is 2.96 bits per heavy atom. The lowest BCUT2D eigenvalue weighted by Gasteiger charge is -2.04. The molecule has 0 aliphatic carbocycles. The monoisotopic (exact) mass is 325 g/mol. The van der Waals surface area contributed by atoms with E-state index in [0.717, 1.165) is 0 Å². The largest absolute Gasteiger partial charge is 0.497 e. The zero-order valence-corrected chi connectivity index (χ0v) is 13.1. The third-order valence-electron chi connectivity index (χ3n) is 3.21. The molecule has 122 valence electrons. The molecule has 0 saturated carbocycles. The summed E-state index contributed by atoms with van der Waals surface area (Å²) in [5.74, 6) is 2.06. The molecular weight excluding hydrogens is 310 g/mol. The Labute approximate surface area is 137 Å². The maximum atomic E-state index is 9.49. The first-order valence-corrected chi connectivity index (χ1v) is 7.15. The molecule has 3 aromatic heterocycles. The van der Waals surface area contributed by atoms with E-state index in [9.17, 15) is 5.26 Å². The number of fused-ring (bicyclic) bond motifs is 1. The van der Waals surface area contributed by atoms with Gasteiger partial charge >= 0.3 is 0 Å². The molecule has 9 heteroatoms. The van der Waals surface area contributed by atoms with Gasteiger partial charge in [-0.05, 0) is 13.0 Å². The predicted octanol–water partition coefficient (Wildman–Crippen LogP) is 1.73. The summed E-state index contributed by atoms with van der Waals surface area (Å²) in [7, 11) is 1.56. The van der Waals surface area contributed by atoms with Crippen LogP contribution >= 0.6 is 0 Å². The van der Waals surface area contributed by atoms with Crippen molar-refractivity contribution in [1.29, 1.82) is 5.26 Å². The number of hydrogen-bond acceptors (Lipinski definition) is 8. The number of methoxy groups -OCH3 is 1. The molecule has 0 bridgehead atoms. The van der Waals surface area contributed by atoms with Crippen molar-refractivity contribution in [3.63, 3.8) is 0 Å². The van der Waals surface area contributed by atoms with Gasteiger partial charge in [-0.2, -0.15) is 14.8 Å². The maximum absolute atomic E-state index is 9.49. The van der Waals surface area contributed by atoms with Gasteiger partial charge in [0, 0.05) is 18.3 Å². The molecule has 3 aromatic rings. The minimum Gasteiger partial charge on any atom is -0.497 e. The van der Waals surface area contributed by atoms with Crippen molar-refractivity contribution in [2.45, 2.75) is 6.92 Å². The van der Waals surface area contributed by atoms with Crippen molar-refractivity contribution >= 4 is 23.1 Å².